The topological polar surface area (TPSA) is 73.6 Å². The SMILES string of the molecule is CCOc1cc(C(=O)NC(N)=S)ccc1OCc1ccc(Cl)cc1. The molecule has 0 aromatic heterocycles. The zero-order chi connectivity index (χ0) is 17.5. The summed E-state index contributed by atoms with van der Waals surface area (Å²) in [6, 6.07) is 12.2. The Hall–Kier alpha value is -2.31. The minimum absolute atomic E-state index is 0.0824. The molecule has 0 unspecified atom stereocenters. The highest BCUT2D eigenvalue weighted by Crippen LogP contribution is 2.29. The van der Waals surface area contributed by atoms with E-state index in [-0.39, 0.29) is 5.11 Å². The minimum atomic E-state index is -0.396. The summed E-state index contributed by atoms with van der Waals surface area (Å²) in [5, 5.41) is 2.96. The fraction of sp³-hybridized carbons (Fsp3) is 0.176. The van der Waals surface area contributed by atoms with Gasteiger partial charge in [0.15, 0.2) is 16.6 Å². The van der Waals surface area contributed by atoms with Gasteiger partial charge in [0.1, 0.15) is 6.61 Å². The Morgan fingerprint density at radius 1 is 1.17 bits per heavy atom. The zero-order valence-electron chi connectivity index (χ0n) is 13.0. The maximum absolute atomic E-state index is 11.9. The quantitative estimate of drug-likeness (QED) is 0.769. The maximum atomic E-state index is 11.9. The number of ether oxygens (including phenoxy) is 2. The van der Waals surface area contributed by atoms with Crippen LogP contribution in [0.4, 0.5) is 0 Å². The third-order valence-electron chi connectivity index (χ3n) is 3.05. The van der Waals surface area contributed by atoms with E-state index in [1.165, 1.54) is 0 Å². The average Bonchev–Trinajstić information content (AvgIpc) is 2.54. The number of rotatable bonds is 6. The molecule has 0 fully saturated rings. The number of carbonyl (C=O) groups excluding carboxylic acids is 1. The summed E-state index contributed by atoms with van der Waals surface area (Å²) in [5.41, 5.74) is 6.66. The van der Waals surface area contributed by atoms with Gasteiger partial charge in [-0.2, -0.15) is 0 Å². The van der Waals surface area contributed by atoms with Crippen molar-refractivity contribution >= 4 is 34.8 Å². The van der Waals surface area contributed by atoms with Crippen molar-refractivity contribution in [3.05, 3.63) is 58.6 Å². The van der Waals surface area contributed by atoms with E-state index in [9.17, 15) is 4.79 Å². The van der Waals surface area contributed by atoms with Crippen LogP contribution in [0.15, 0.2) is 42.5 Å². The van der Waals surface area contributed by atoms with Gasteiger partial charge in [-0.1, -0.05) is 23.7 Å². The van der Waals surface area contributed by atoms with Crippen LogP contribution in [0.25, 0.3) is 0 Å². The van der Waals surface area contributed by atoms with Crippen LogP contribution in [-0.2, 0) is 6.61 Å². The Morgan fingerprint density at radius 2 is 1.88 bits per heavy atom. The molecule has 0 spiro atoms. The molecule has 0 atom stereocenters. The van der Waals surface area contributed by atoms with Crippen molar-refractivity contribution in [2.45, 2.75) is 13.5 Å². The lowest BCUT2D eigenvalue weighted by molar-refractivity contribution is 0.0977. The molecule has 5 nitrogen and oxygen atoms in total. The number of halogens is 1. The molecule has 2 aromatic carbocycles. The van der Waals surface area contributed by atoms with Gasteiger partial charge in [-0.05, 0) is 55.0 Å². The van der Waals surface area contributed by atoms with Crippen LogP contribution < -0.4 is 20.5 Å². The number of hydrogen-bond donors (Lipinski definition) is 2. The van der Waals surface area contributed by atoms with Crippen molar-refractivity contribution in [3.8, 4) is 11.5 Å². The van der Waals surface area contributed by atoms with E-state index < -0.39 is 5.91 Å². The summed E-state index contributed by atoms with van der Waals surface area (Å²) < 4.78 is 11.3. The first-order chi connectivity index (χ1) is 11.5. The fourth-order valence-electron chi connectivity index (χ4n) is 1.96. The van der Waals surface area contributed by atoms with Gasteiger partial charge in [0.2, 0.25) is 0 Å². The first-order valence-corrected chi connectivity index (χ1v) is 8.03. The van der Waals surface area contributed by atoms with Gasteiger partial charge in [0.05, 0.1) is 6.61 Å². The molecule has 0 radical (unpaired) electrons. The predicted molar refractivity (Wildman–Crippen MR) is 97.6 cm³/mol. The first-order valence-electron chi connectivity index (χ1n) is 7.24. The largest absolute Gasteiger partial charge is 0.490 e. The molecule has 24 heavy (non-hydrogen) atoms. The molecule has 0 aliphatic carbocycles. The normalized spacial score (nSPS) is 10.1. The van der Waals surface area contributed by atoms with Gasteiger partial charge < -0.3 is 15.2 Å². The number of nitrogens with one attached hydrogen (secondary N) is 1. The van der Waals surface area contributed by atoms with E-state index in [4.69, 9.17) is 26.8 Å². The monoisotopic (exact) mass is 364 g/mol. The highest BCUT2D eigenvalue weighted by Gasteiger charge is 2.12. The lowest BCUT2D eigenvalue weighted by Crippen LogP contribution is -2.34. The van der Waals surface area contributed by atoms with E-state index in [1.54, 1.807) is 30.3 Å². The predicted octanol–water partition coefficient (Wildman–Crippen LogP) is 3.29. The van der Waals surface area contributed by atoms with Crippen LogP contribution in [0, 0.1) is 0 Å². The number of thiocarbonyl (C=S) groups is 1. The Balaban J connectivity index is 2.15. The lowest BCUT2D eigenvalue weighted by atomic mass is 10.2. The second-order valence-corrected chi connectivity index (χ2v) is 5.70. The molecule has 7 heteroatoms. The van der Waals surface area contributed by atoms with Crippen LogP contribution in [0.2, 0.25) is 5.02 Å². The van der Waals surface area contributed by atoms with E-state index in [1.807, 2.05) is 19.1 Å². The molecule has 0 bridgehead atoms. The zero-order valence-corrected chi connectivity index (χ0v) is 14.6. The molecule has 0 aliphatic heterocycles. The molecule has 2 aromatic rings. The van der Waals surface area contributed by atoms with Crippen molar-refractivity contribution in [1.82, 2.24) is 5.32 Å². The van der Waals surface area contributed by atoms with Crippen molar-refractivity contribution < 1.29 is 14.3 Å². The molecule has 1 amide bonds. The van der Waals surface area contributed by atoms with Gasteiger partial charge in [-0.25, -0.2) is 0 Å². The summed E-state index contributed by atoms with van der Waals surface area (Å²) >= 11 is 10.5. The Labute approximate surface area is 150 Å². The first kappa shape index (κ1) is 18.0. The Morgan fingerprint density at radius 3 is 2.50 bits per heavy atom. The van der Waals surface area contributed by atoms with E-state index in [0.717, 1.165) is 5.56 Å². The fourth-order valence-corrected chi connectivity index (χ4v) is 2.18. The van der Waals surface area contributed by atoms with Crippen molar-refractivity contribution in [2.24, 2.45) is 5.73 Å². The van der Waals surface area contributed by atoms with Crippen LogP contribution in [-0.4, -0.2) is 17.6 Å². The molecule has 0 saturated heterocycles. The Bertz CT molecular complexity index is 735. The third-order valence-corrected chi connectivity index (χ3v) is 3.40. The summed E-state index contributed by atoms with van der Waals surface area (Å²) in [5.74, 6) is 0.619. The second-order valence-electron chi connectivity index (χ2n) is 4.83. The highest BCUT2D eigenvalue weighted by molar-refractivity contribution is 7.80. The molecular weight excluding hydrogens is 348 g/mol. The molecule has 0 saturated carbocycles. The third kappa shape index (κ3) is 5.11. The van der Waals surface area contributed by atoms with E-state index >= 15 is 0 Å². The van der Waals surface area contributed by atoms with Crippen molar-refractivity contribution in [3.63, 3.8) is 0 Å². The molecule has 0 aliphatic rings. The van der Waals surface area contributed by atoms with Gasteiger partial charge in [-0.15, -0.1) is 0 Å². The second kappa shape index (κ2) is 8.52. The number of carbonyl (C=O) groups is 1. The van der Waals surface area contributed by atoms with Crippen LogP contribution in [0.3, 0.4) is 0 Å². The van der Waals surface area contributed by atoms with Gasteiger partial charge in [-0.3, -0.25) is 10.1 Å². The molecule has 0 heterocycles. The standard InChI is InChI=1S/C17H17ClN2O3S/c1-2-22-15-9-12(16(21)20-17(19)24)5-8-14(15)23-10-11-3-6-13(18)7-4-11/h3-9H,2,10H2,1H3,(H3,19,20,21,24). The van der Waals surface area contributed by atoms with Crippen LogP contribution in [0.5, 0.6) is 11.5 Å². The van der Waals surface area contributed by atoms with Crippen molar-refractivity contribution in [1.29, 1.82) is 0 Å². The van der Waals surface area contributed by atoms with E-state index in [0.29, 0.717) is 35.3 Å². The molecule has 3 N–H and O–H groups in total. The van der Waals surface area contributed by atoms with Gasteiger partial charge in [0, 0.05) is 10.6 Å². The highest BCUT2D eigenvalue weighted by atomic mass is 35.5. The number of nitrogens with two attached hydrogens (primary N) is 1. The molecule has 2 rings (SSSR count). The average molecular weight is 365 g/mol. The smallest absolute Gasteiger partial charge is 0.257 e. The number of hydrogen-bond acceptors (Lipinski definition) is 4. The van der Waals surface area contributed by atoms with E-state index in [2.05, 4.69) is 17.5 Å². The Kier molecular flexibility index (Phi) is 6.40. The molecule has 126 valence electrons. The summed E-state index contributed by atoms with van der Waals surface area (Å²) in [6.07, 6.45) is 0. The van der Waals surface area contributed by atoms with Crippen molar-refractivity contribution in [2.75, 3.05) is 6.61 Å². The summed E-state index contributed by atoms with van der Waals surface area (Å²) in [6.45, 7) is 2.65. The van der Waals surface area contributed by atoms with Crippen LogP contribution in [0.1, 0.15) is 22.8 Å². The maximum Gasteiger partial charge on any atom is 0.257 e. The number of benzene rings is 2. The van der Waals surface area contributed by atoms with Crippen LogP contribution >= 0.6 is 23.8 Å². The summed E-state index contributed by atoms with van der Waals surface area (Å²) in [4.78, 5) is 11.9. The lowest BCUT2D eigenvalue weighted by Gasteiger charge is -2.13. The minimum Gasteiger partial charge on any atom is -0.490 e. The summed E-state index contributed by atoms with van der Waals surface area (Å²) in [7, 11) is 0. The number of amides is 1. The van der Waals surface area contributed by atoms with Gasteiger partial charge >= 0.3 is 0 Å². The molecular formula is C17H17ClN2O3S. The van der Waals surface area contributed by atoms with Gasteiger partial charge in [0.25, 0.3) is 5.91 Å².